The number of fused-ring (bicyclic) bond motifs is 1. The third-order valence-electron chi connectivity index (χ3n) is 3.18. The second kappa shape index (κ2) is 5.31. The van der Waals surface area contributed by atoms with E-state index < -0.39 is 0 Å². The standard InChI is InChI=1S/C16H10ClN3O/c17-13-7-10(8-18)5-6-15(13)20-16(21)12-9-19-14-4-2-1-3-11(12)14/h1-7,9,19H,(H,20,21). The predicted molar refractivity (Wildman–Crippen MR) is 82.4 cm³/mol. The molecular weight excluding hydrogens is 286 g/mol. The molecule has 1 amide bonds. The van der Waals surface area contributed by atoms with E-state index >= 15 is 0 Å². The summed E-state index contributed by atoms with van der Waals surface area (Å²) in [6.45, 7) is 0. The van der Waals surface area contributed by atoms with Crippen molar-refractivity contribution in [2.24, 2.45) is 0 Å². The summed E-state index contributed by atoms with van der Waals surface area (Å²) >= 11 is 6.06. The van der Waals surface area contributed by atoms with Gasteiger partial charge in [-0.25, -0.2) is 0 Å². The lowest BCUT2D eigenvalue weighted by atomic mass is 10.1. The fourth-order valence-electron chi connectivity index (χ4n) is 2.14. The highest BCUT2D eigenvalue weighted by Gasteiger charge is 2.13. The molecule has 0 radical (unpaired) electrons. The molecule has 1 aromatic heterocycles. The van der Waals surface area contributed by atoms with Crippen LogP contribution in [0, 0.1) is 11.3 Å². The minimum Gasteiger partial charge on any atom is -0.360 e. The number of hydrogen-bond acceptors (Lipinski definition) is 2. The minimum atomic E-state index is -0.251. The number of nitrogens with one attached hydrogen (secondary N) is 2. The van der Waals surface area contributed by atoms with Crippen molar-refractivity contribution in [3.8, 4) is 6.07 Å². The van der Waals surface area contributed by atoms with Crippen LogP contribution in [0.25, 0.3) is 10.9 Å². The Morgan fingerprint density at radius 2 is 2.05 bits per heavy atom. The van der Waals surface area contributed by atoms with Crippen LogP contribution in [0.2, 0.25) is 5.02 Å². The van der Waals surface area contributed by atoms with Crippen molar-refractivity contribution < 1.29 is 4.79 Å². The Hall–Kier alpha value is -2.77. The lowest BCUT2D eigenvalue weighted by Crippen LogP contribution is -2.11. The predicted octanol–water partition coefficient (Wildman–Crippen LogP) is 3.95. The number of amides is 1. The van der Waals surface area contributed by atoms with Crippen LogP contribution in [0.15, 0.2) is 48.7 Å². The third kappa shape index (κ3) is 2.47. The highest BCUT2D eigenvalue weighted by Crippen LogP contribution is 2.25. The summed E-state index contributed by atoms with van der Waals surface area (Å²) < 4.78 is 0. The van der Waals surface area contributed by atoms with Gasteiger partial charge in [0, 0.05) is 17.1 Å². The van der Waals surface area contributed by atoms with Gasteiger partial charge < -0.3 is 10.3 Å². The fourth-order valence-corrected chi connectivity index (χ4v) is 2.36. The SMILES string of the molecule is N#Cc1ccc(NC(=O)c2c[nH]c3ccccc23)c(Cl)c1. The van der Waals surface area contributed by atoms with Crippen molar-refractivity contribution in [1.82, 2.24) is 4.98 Å². The van der Waals surface area contributed by atoms with Crippen molar-refractivity contribution in [3.63, 3.8) is 0 Å². The van der Waals surface area contributed by atoms with Crippen LogP contribution < -0.4 is 5.32 Å². The molecule has 0 aliphatic carbocycles. The van der Waals surface area contributed by atoms with E-state index in [1.165, 1.54) is 6.07 Å². The van der Waals surface area contributed by atoms with Crippen molar-refractivity contribution in [3.05, 3.63) is 64.8 Å². The number of aromatic amines is 1. The van der Waals surface area contributed by atoms with Crippen molar-refractivity contribution >= 4 is 34.1 Å². The van der Waals surface area contributed by atoms with E-state index in [1.54, 1.807) is 18.3 Å². The van der Waals surface area contributed by atoms with Crippen molar-refractivity contribution in [2.75, 3.05) is 5.32 Å². The quantitative estimate of drug-likeness (QED) is 0.751. The number of H-pyrrole nitrogens is 1. The van der Waals surface area contributed by atoms with Gasteiger partial charge in [0.05, 0.1) is 27.9 Å². The Balaban J connectivity index is 1.92. The molecule has 0 aliphatic rings. The Labute approximate surface area is 126 Å². The van der Waals surface area contributed by atoms with Gasteiger partial charge in [0.25, 0.3) is 5.91 Å². The largest absolute Gasteiger partial charge is 0.360 e. The van der Waals surface area contributed by atoms with E-state index in [1.807, 2.05) is 30.3 Å². The lowest BCUT2D eigenvalue weighted by Gasteiger charge is -2.06. The topological polar surface area (TPSA) is 68.7 Å². The summed E-state index contributed by atoms with van der Waals surface area (Å²) in [5.74, 6) is -0.251. The second-order valence-corrected chi connectivity index (χ2v) is 4.92. The maximum absolute atomic E-state index is 12.3. The molecule has 4 nitrogen and oxygen atoms in total. The maximum Gasteiger partial charge on any atom is 0.257 e. The summed E-state index contributed by atoms with van der Waals surface area (Å²) in [5.41, 5.74) is 2.37. The zero-order valence-electron chi connectivity index (χ0n) is 10.9. The summed E-state index contributed by atoms with van der Waals surface area (Å²) in [5, 5.41) is 12.7. The van der Waals surface area contributed by atoms with Crippen LogP contribution in [0.1, 0.15) is 15.9 Å². The minimum absolute atomic E-state index is 0.251. The van der Waals surface area contributed by atoms with Crippen LogP contribution in [0.4, 0.5) is 5.69 Å². The number of carbonyl (C=O) groups is 1. The van der Waals surface area contributed by atoms with Gasteiger partial charge in [0.2, 0.25) is 0 Å². The average Bonchev–Trinajstić information content (AvgIpc) is 2.93. The number of aromatic nitrogens is 1. The Morgan fingerprint density at radius 3 is 2.81 bits per heavy atom. The molecule has 0 saturated carbocycles. The van der Waals surface area contributed by atoms with E-state index in [0.717, 1.165) is 10.9 Å². The van der Waals surface area contributed by atoms with Gasteiger partial charge in [0.1, 0.15) is 0 Å². The number of nitriles is 1. The summed E-state index contributed by atoms with van der Waals surface area (Å²) in [6.07, 6.45) is 1.66. The van der Waals surface area contributed by atoms with Crippen LogP contribution in [-0.2, 0) is 0 Å². The number of hydrogen-bond donors (Lipinski definition) is 2. The number of benzene rings is 2. The maximum atomic E-state index is 12.3. The number of halogens is 1. The van der Waals surface area contributed by atoms with Gasteiger partial charge in [-0.1, -0.05) is 29.8 Å². The van der Waals surface area contributed by atoms with Gasteiger partial charge >= 0.3 is 0 Å². The lowest BCUT2D eigenvalue weighted by molar-refractivity contribution is 0.102. The van der Waals surface area contributed by atoms with E-state index in [9.17, 15) is 4.79 Å². The van der Waals surface area contributed by atoms with Gasteiger partial charge in [-0.15, -0.1) is 0 Å². The first kappa shape index (κ1) is 13.2. The molecule has 0 fully saturated rings. The highest BCUT2D eigenvalue weighted by molar-refractivity contribution is 6.34. The van der Waals surface area contributed by atoms with E-state index in [-0.39, 0.29) is 5.91 Å². The number of nitrogens with zero attached hydrogens (tertiary/aromatic N) is 1. The molecule has 5 heteroatoms. The molecule has 2 aromatic carbocycles. The average molecular weight is 296 g/mol. The summed E-state index contributed by atoms with van der Waals surface area (Å²) in [4.78, 5) is 15.4. The molecule has 0 bridgehead atoms. The molecule has 21 heavy (non-hydrogen) atoms. The first-order chi connectivity index (χ1) is 10.2. The molecule has 0 atom stereocenters. The smallest absolute Gasteiger partial charge is 0.257 e. The Bertz CT molecular complexity index is 877. The highest BCUT2D eigenvalue weighted by atomic mass is 35.5. The van der Waals surface area contributed by atoms with E-state index in [0.29, 0.717) is 21.8 Å². The van der Waals surface area contributed by atoms with E-state index in [2.05, 4.69) is 10.3 Å². The third-order valence-corrected chi connectivity index (χ3v) is 3.49. The molecule has 102 valence electrons. The van der Waals surface area contributed by atoms with Gasteiger partial charge in [0.15, 0.2) is 0 Å². The molecule has 0 unspecified atom stereocenters. The first-order valence-electron chi connectivity index (χ1n) is 6.26. The molecule has 3 aromatic rings. The fraction of sp³-hybridized carbons (Fsp3) is 0. The van der Waals surface area contributed by atoms with Crippen LogP contribution in [0.3, 0.4) is 0 Å². The Morgan fingerprint density at radius 1 is 1.24 bits per heavy atom. The molecule has 0 spiro atoms. The van der Waals surface area contributed by atoms with Crippen molar-refractivity contribution in [1.29, 1.82) is 5.26 Å². The number of anilines is 1. The van der Waals surface area contributed by atoms with Crippen LogP contribution in [-0.4, -0.2) is 10.9 Å². The number of rotatable bonds is 2. The molecule has 1 heterocycles. The molecule has 3 rings (SSSR count). The normalized spacial score (nSPS) is 10.3. The van der Waals surface area contributed by atoms with Gasteiger partial charge in [-0.05, 0) is 24.3 Å². The number of carbonyl (C=O) groups excluding carboxylic acids is 1. The zero-order chi connectivity index (χ0) is 14.8. The molecule has 0 saturated heterocycles. The molecule has 2 N–H and O–H groups in total. The summed E-state index contributed by atoms with van der Waals surface area (Å²) in [7, 11) is 0. The summed E-state index contributed by atoms with van der Waals surface area (Å²) in [6, 6.07) is 14.3. The molecule has 0 aliphatic heterocycles. The van der Waals surface area contributed by atoms with E-state index in [4.69, 9.17) is 16.9 Å². The van der Waals surface area contributed by atoms with Crippen molar-refractivity contribution in [2.45, 2.75) is 0 Å². The molecular formula is C16H10ClN3O. The zero-order valence-corrected chi connectivity index (χ0v) is 11.6. The van der Waals surface area contributed by atoms with Crippen LogP contribution >= 0.6 is 11.6 Å². The van der Waals surface area contributed by atoms with Crippen LogP contribution in [0.5, 0.6) is 0 Å². The number of para-hydroxylation sites is 1. The Kier molecular flexibility index (Phi) is 3.35. The second-order valence-electron chi connectivity index (χ2n) is 4.51. The monoisotopic (exact) mass is 295 g/mol. The first-order valence-corrected chi connectivity index (χ1v) is 6.64. The van der Waals surface area contributed by atoms with Gasteiger partial charge in [-0.3, -0.25) is 4.79 Å². The van der Waals surface area contributed by atoms with Gasteiger partial charge in [-0.2, -0.15) is 5.26 Å².